The first-order valence-corrected chi connectivity index (χ1v) is 9.75. The Balaban J connectivity index is 1.52. The lowest BCUT2D eigenvalue weighted by atomic mass is 9.89. The summed E-state index contributed by atoms with van der Waals surface area (Å²) >= 11 is 6.33. The van der Waals surface area contributed by atoms with Crippen LogP contribution in [-0.4, -0.2) is 23.2 Å². The maximum atomic E-state index is 10.3. The van der Waals surface area contributed by atoms with Crippen LogP contribution in [0, 0.1) is 5.92 Å². The number of piperidine rings is 1. The van der Waals surface area contributed by atoms with Gasteiger partial charge in [-0.05, 0) is 86.4 Å². The van der Waals surface area contributed by atoms with E-state index in [-0.39, 0.29) is 5.92 Å². The molecule has 0 saturated carbocycles. The largest absolute Gasteiger partial charge is 0.508 e. The average molecular weight is 357 g/mol. The van der Waals surface area contributed by atoms with Gasteiger partial charge in [0.05, 0.1) is 0 Å². The third-order valence-electron chi connectivity index (χ3n) is 5.83. The molecule has 0 spiro atoms. The number of nitrogens with one attached hydrogen (secondary N) is 1. The highest BCUT2D eigenvalue weighted by Gasteiger charge is 2.29. The van der Waals surface area contributed by atoms with Crippen molar-refractivity contribution in [3.05, 3.63) is 57.9 Å². The summed E-state index contributed by atoms with van der Waals surface area (Å²) in [7, 11) is 0. The molecule has 3 nitrogen and oxygen atoms in total. The van der Waals surface area contributed by atoms with Gasteiger partial charge >= 0.3 is 0 Å². The first-order chi connectivity index (χ1) is 12.2. The molecule has 0 bridgehead atoms. The fourth-order valence-electron chi connectivity index (χ4n) is 4.41. The molecule has 1 atom stereocenters. The molecule has 0 radical (unpaired) electrons. The second-order valence-corrected chi connectivity index (χ2v) is 7.82. The average Bonchev–Trinajstić information content (AvgIpc) is 3.11. The minimum absolute atomic E-state index is 0.208. The van der Waals surface area contributed by atoms with Gasteiger partial charge in [-0.15, -0.1) is 0 Å². The second kappa shape index (κ2) is 7.35. The predicted molar refractivity (Wildman–Crippen MR) is 101 cm³/mol. The molecule has 1 aromatic heterocycles. The monoisotopic (exact) mass is 356 g/mol. The van der Waals surface area contributed by atoms with Crippen molar-refractivity contribution in [3.8, 4) is 5.75 Å². The van der Waals surface area contributed by atoms with Crippen molar-refractivity contribution in [3.63, 3.8) is 0 Å². The molecule has 2 aromatic rings. The summed E-state index contributed by atoms with van der Waals surface area (Å²) in [6.07, 6.45) is 10.8. The Morgan fingerprint density at radius 3 is 2.84 bits per heavy atom. The molecule has 1 aromatic carbocycles. The van der Waals surface area contributed by atoms with E-state index >= 15 is 0 Å². The number of hydrogen-bond donors (Lipinski definition) is 2. The smallest absolute Gasteiger partial charge is 0.119 e. The molecule has 25 heavy (non-hydrogen) atoms. The lowest BCUT2D eigenvalue weighted by molar-refractivity contribution is 0.354. The molecule has 1 unspecified atom stereocenters. The molecule has 1 fully saturated rings. The summed E-state index contributed by atoms with van der Waals surface area (Å²) in [5, 5.41) is 14.5. The van der Waals surface area contributed by atoms with Gasteiger partial charge in [0.1, 0.15) is 5.75 Å². The third-order valence-corrected chi connectivity index (χ3v) is 6.18. The van der Waals surface area contributed by atoms with Gasteiger partial charge in [0, 0.05) is 28.9 Å². The van der Waals surface area contributed by atoms with Gasteiger partial charge in [-0.2, -0.15) is 0 Å². The summed E-state index contributed by atoms with van der Waals surface area (Å²) in [6, 6.07) is 5.80. The van der Waals surface area contributed by atoms with E-state index < -0.39 is 0 Å². The van der Waals surface area contributed by atoms with Crippen LogP contribution in [0.5, 0.6) is 5.75 Å². The van der Waals surface area contributed by atoms with Crippen LogP contribution in [-0.2, 0) is 12.8 Å². The number of aromatic nitrogens is 1. The molecular weight excluding hydrogens is 332 g/mol. The van der Waals surface area contributed by atoms with Crippen LogP contribution in [0.15, 0.2) is 30.6 Å². The summed E-state index contributed by atoms with van der Waals surface area (Å²) in [6.45, 7) is 2.31. The molecule has 1 aliphatic carbocycles. The fourth-order valence-corrected chi connectivity index (χ4v) is 4.67. The molecule has 0 amide bonds. The zero-order chi connectivity index (χ0) is 17.2. The van der Waals surface area contributed by atoms with Gasteiger partial charge in [-0.25, -0.2) is 0 Å². The van der Waals surface area contributed by atoms with E-state index in [4.69, 9.17) is 11.6 Å². The maximum absolute atomic E-state index is 10.3. The van der Waals surface area contributed by atoms with Gasteiger partial charge in [0.15, 0.2) is 0 Å². The van der Waals surface area contributed by atoms with E-state index in [0.29, 0.717) is 5.75 Å². The van der Waals surface area contributed by atoms with Crippen molar-refractivity contribution >= 4 is 11.6 Å². The first kappa shape index (κ1) is 16.9. The standard InChI is InChI=1S/C21H25ClN2O/c22-19-5-6-20(25)21-17(3-4-18(19)21)16-11-15(12-24-13-16)2-1-14-7-9-23-10-8-14/h5-6,11-14,17,23,25H,1-4,7-10H2. The summed E-state index contributed by atoms with van der Waals surface area (Å²) in [4.78, 5) is 4.49. The van der Waals surface area contributed by atoms with Crippen molar-refractivity contribution in [2.24, 2.45) is 5.92 Å². The lowest BCUT2D eigenvalue weighted by Gasteiger charge is -2.22. The molecule has 2 aliphatic rings. The van der Waals surface area contributed by atoms with Crippen LogP contribution < -0.4 is 5.32 Å². The zero-order valence-electron chi connectivity index (χ0n) is 14.5. The van der Waals surface area contributed by atoms with Gasteiger partial charge in [0.25, 0.3) is 0 Å². The van der Waals surface area contributed by atoms with Crippen molar-refractivity contribution < 1.29 is 5.11 Å². The number of halogens is 1. The Labute approximate surface area is 154 Å². The van der Waals surface area contributed by atoms with E-state index in [2.05, 4.69) is 16.4 Å². The van der Waals surface area contributed by atoms with Gasteiger partial charge in [-0.1, -0.05) is 17.7 Å². The zero-order valence-corrected chi connectivity index (χ0v) is 15.2. The number of phenols is 1. The van der Waals surface area contributed by atoms with Crippen LogP contribution in [0.25, 0.3) is 0 Å². The Morgan fingerprint density at radius 2 is 2.00 bits per heavy atom. The van der Waals surface area contributed by atoms with Gasteiger partial charge in [-0.3, -0.25) is 4.98 Å². The lowest BCUT2D eigenvalue weighted by Crippen LogP contribution is -2.27. The van der Waals surface area contributed by atoms with E-state index in [1.165, 1.54) is 30.4 Å². The second-order valence-electron chi connectivity index (χ2n) is 7.41. The van der Waals surface area contributed by atoms with Crippen molar-refractivity contribution in [1.29, 1.82) is 0 Å². The molecule has 2 N–H and O–H groups in total. The molecule has 132 valence electrons. The minimum atomic E-state index is 0.208. The molecule has 2 heterocycles. The van der Waals surface area contributed by atoms with Crippen molar-refractivity contribution in [1.82, 2.24) is 10.3 Å². The molecule has 4 heteroatoms. The Kier molecular flexibility index (Phi) is 4.96. The fraction of sp³-hybridized carbons (Fsp3) is 0.476. The minimum Gasteiger partial charge on any atom is -0.508 e. The highest BCUT2D eigenvalue weighted by molar-refractivity contribution is 6.31. The topological polar surface area (TPSA) is 45.2 Å². The number of rotatable bonds is 4. The SMILES string of the molecule is Oc1ccc(Cl)c2c1C(c1cncc(CCC3CCNCC3)c1)CC2. The highest BCUT2D eigenvalue weighted by atomic mass is 35.5. The molecular formula is C21H25ClN2O. The van der Waals surface area contributed by atoms with E-state index in [1.54, 1.807) is 12.1 Å². The number of hydrogen-bond acceptors (Lipinski definition) is 3. The number of nitrogens with zero attached hydrogens (tertiary/aromatic N) is 1. The van der Waals surface area contributed by atoms with E-state index in [1.807, 2.05) is 12.4 Å². The number of fused-ring (bicyclic) bond motifs is 1. The number of aryl methyl sites for hydroxylation is 1. The molecule has 4 rings (SSSR count). The quantitative estimate of drug-likeness (QED) is 0.850. The molecule has 1 aliphatic heterocycles. The van der Waals surface area contributed by atoms with Crippen LogP contribution in [0.4, 0.5) is 0 Å². The summed E-state index contributed by atoms with van der Waals surface area (Å²) < 4.78 is 0. The number of aromatic hydroxyl groups is 1. The molecule has 1 saturated heterocycles. The Hall–Kier alpha value is -1.58. The van der Waals surface area contributed by atoms with Crippen molar-refractivity contribution in [2.45, 2.75) is 44.4 Å². The predicted octanol–water partition coefficient (Wildman–Crippen LogP) is 4.45. The van der Waals surface area contributed by atoms with Crippen LogP contribution in [0.3, 0.4) is 0 Å². The highest BCUT2D eigenvalue weighted by Crippen LogP contribution is 2.45. The summed E-state index contributed by atoms with van der Waals surface area (Å²) in [5.74, 6) is 1.40. The number of phenolic OH excluding ortho intramolecular Hbond substituents is 1. The van der Waals surface area contributed by atoms with E-state index in [9.17, 15) is 5.11 Å². The van der Waals surface area contributed by atoms with Crippen LogP contribution in [0.2, 0.25) is 5.02 Å². The first-order valence-electron chi connectivity index (χ1n) is 9.37. The van der Waals surface area contributed by atoms with Crippen molar-refractivity contribution in [2.75, 3.05) is 13.1 Å². The third kappa shape index (κ3) is 3.54. The van der Waals surface area contributed by atoms with Crippen LogP contribution >= 0.6 is 11.6 Å². The maximum Gasteiger partial charge on any atom is 0.119 e. The normalized spacial score (nSPS) is 20.6. The summed E-state index contributed by atoms with van der Waals surface area (Å²) in [5.41, 5.74) is 4.63. The Bertz CT molecular complexity index is 756. The van der Waals surface area contributed by atoms with Gasteiger partial charge < -0.3 is 10.4 Å². The van der Waals surface area contributed by atoms with E-state index in [0.717, 1.165) is 54.4 Å². The van der Waals surface area contributed by atoms with Crippen LogP contribution in [0.1, 0.15) is 53.9 Å². The number of benzene rings is 1. The Morgan fingerprint density at radius 1 is 1.16 bits per heavy atom. The number of pyridine rings is 1. The van der Waals surface area contributed by atoms with Gasteiger partial charge in [0.2, 0.25) is 0 Å².